The van der Waals surface area contributed by atoms with Gasteiger partial charge in [0.25, 0.3) is 5.91 Å². The Morgan fingerprint density at radius 1 is 1.36 bits per heavy atom. The Morgan fingerprint density at radius 2 is 2.14 bits per heavy atom. The molecule has 1 aliphatic rings. The van der Waals surface area contributed by atoms with E-state index in [9.17, 15) is 14.0 Å². The van der Waals surface area contributed by atoms with Crippen LogP contribution in [0, 0.1) is 5.82 Å². The number of hydrogen-bond donors (Lipinski definition) is 2. The highest BCUT2D eigenvalue weighted by molar-refractivity contribution is 6.06. The molecule has 1 amide bonds. The van der Waals surface area contributed by atoms with Crippen molar-refractivity contribution >= 4 is 29.2 Å². The van der Waals surface area contributed by atoms with Crippen LogP contribution >= 0.6 is 12.4 Å². The largest absolute Gasteiger partial charge is 0.333 e. The Bertz CT molecular complexity index is 762. The molecular weight excluding hydrogens is 309 g/mol. The number of nitrogens with one attached hydrogen (secondary N) is 2. The van der Waals surface area contributed by atoms with Gasteiger partial charge in [-0.25, -0.2) is 4.39 Å². The van der Waals surface area contributed by atoms with Crippen LogP contribution in [0.15, 0.2) is 29.1 Å². The number of benzene rings is 1. The Balaban J connectivity index is 0.00000176. The molecule has 7 heteroatoms. The van der Waals surface area contributed by atoms with Crippen molar-refractivity contribution in [3.8, 4) is 0 Å². The number of carbonyl (C=O) groups excluding carboxylic acids is 1. The van der Waals surface area contributed by atoms with E-state index in [1.54, 1.807) is 4.90 Å². The highest BCUT2D eigenvalue weighted by atomic mass is 35.5. The lowest BCUT2D eigenvalue weighted by Gasteiger charge is -2.34. The lowest BCUT2D eigenvalue weighted by molar-refractivity contribution is 0.0657. The predicted octanol–water partition coefficient (Wildman–Crippen LogP) is 1.52. The van der Waals surface area contributed by atoms with Gasteiger partial charge in [-0.15, -0.1) is 12.4 Å². The summed E-state index contributed by atoms with van der Waals surface area (Å²) >= 11 is 0. The maximum Gasteiger partial charge on any atom is 0.255 e. The van der Waals surface area contributed by atoms with Crippen LogP contribution < -0.4 is 10.9 Å². The topological polar surface area (TPSA) is 65.2 Å². The molecule has 22 heavy (non-hydrogen) atoms. The average Bonchev–Trinajstić information content (AvgIpc) is 2.47. The number of fused-ring (bicyclic) bond motifs is 1. The Morgan fingerprint density at radius 3 is 2.86 bits per heavy atom. The molecule has 3 rings (SSSR count). The summed E-state index contributed by atoms with van der Waals surface area (Å²) < 4.78 is 13.5. The molecule has 2 N–H and O–H groups in total. The van der Waals surface area contributed by atoms with E-state index < -0.39 is 5.82 Å². The van der Waals surface area contributed by atoms with Crippen molar-refractivity contribution in [1.29, 1.82) is 0 Å². The maximum absolute atomic E-state index is 13.5. The summed E-state index contributed by atoms with van der Waals surface area (Å²) in [5.41, 5.74) is 0.359. The lowest BCUT2D eigenvalue weighted by atomic mass is 10.1. The molecule has 1 aromatic heterocycles. The van der Waals surface area contributed by atoms with Crippen molar-refractivity contribution in [2.45, 2.75) is 13.0 Å². The van der Waals surface area contributed by atoms with E-state index in [4.69, 9.17) is 0 Å². The molecule has 0 bridgehead atoms. The van der Waals surface area contributed by atoms with E-state index in [-0.39, 0.29) is 35.5 Å². The molecule has 0 spiro atoms. The number of H-pyrrole nitrogens is 1. The third-order valence-corrected chi connectivity index (χ3v) is 3.80. The number of nitrogens with zero attached hydrogens (tertiary/aromatic N) is 1. The standard InChI is InChI=1S/C15H16FN3O2.ClH/c1-9-8-17-4-5-19(9)15(21)12-7-14(20)18-13-3-2-10(16)6-11(12)13;/h2-3,6-7,9,17H,4-5,8H2,1H3,(H,18,20);1H/t9-;/m0./s1. The number of hydrogen-bond acceptors (Lipinski definition) is 3. The predicted molar refractivity (Wildman–Crippen MR) is 85.1 cm³/mol. The van der Waals surface area contributed by atoms with E-state index in [2.05, 4.69) is 10.3 Å². The first kappa shape index (κ1) is 16.5. The summed E-state index contributed by atoms with van der Waals surface area (Å²) in [6, 6.07) is 5.31. The molecule has 0 radical (unpaired) electrons. The van der Waals surface area contributed by atoms with Crippen LogP contribution in [0.25, 0.3) is 10.9 Å². The van der Waals surface area contributed by atoms with E-state index >= 15 is 0 Å². The summed E-state index contributed by atoms with van der Waals surface area (Å²) in [7, 11) is 0. The first-order valence-corrected chi connectivity index (χ1v) is 6.90. The minimum Gasteiger partial charge on any atom is -0.333 e. The van der Waals surface area contributed by atoms with Gasteiger partial charge in [0.15, 0.2) is 0 Å². The second-order valence-corrected chi connectivity index (χ2v) is 5.29. The Labute approximate surface area is 132 Å². The van der Waals surface area contributed by atoms with Crippen LogP contribution in [0.3, 0.4) is 0 Å². The number of carbonyl (C=O) groups is 1. The third-order valence-electron chi connectivity index (χ3n) is 3.80. The maximum atomic E-state index is 13.5. The number of amides is 1. The molecule has 1 aliphatic heterocycles. The van der Waals surface area contributed by atoms with Crippen LogP contribution in [0.1, 0.15) is 17.3 Å². The van der Waals surface area contributed by atoms with Crippen molar-refractivity contribution in [2.24, 2.45) is 0 Å². The molecular formula is C15H17ClFN3O2. The highest BCUT2D eigenvalue weighted by Crippen LogP contribution is 2.19. The summed E-state index contributed by atoms with van der Waals surface area (Å²) in [6.45, 7) is 3.94. The number of halogens is 2. The molecule has 5 nitrogen and oxygen atoms in total. The van der Waals surface area contributed by atoms with Crippen LogP contribution in [0.5, 0.6) is 0 Å². The number of piperazine rings is 1. The molecule has 0 saturated carbocycles. The van der Waals surface area contributed by atoms with E-state index in [0.717, 1.165) is 0 Å². The van der Waals surface area contributed by atoms with Gasteiger partial charge < -0.3 is 15.2 Å². The molecule has 1 fully saturated rings. The number of aromatic nitrogens is 1. The fourth-order valence-corrected chi connectivity index (χ4v) is 2.70. The molecule has 0 aliphatic carbocycles. The summed E-state index contributed by atoms with van der Waals surface area (Å²) in [5, 5.41) is 3.64. The molecule has 1 atom stereocenters. The summed E-state index contributed by atoms with van der Waals surface area (Å²) in [4.78, 5) is 28.8. The van der Waals surface area contributed by atoms with E-state index in [0.29, 0.717) is 30.5 Å². The second-order valence-electron chi connectivity index (χ2n) is 5.29. The fourth-order valence-electron chi connectivity index (χ4n) is 2.70. The Kier molecular flexibility index (Phi) is 4.83. The number of aromatic amines is 1. The van der Waals surface area contributed by atoms with Gasteiger partial charge in [0.05, 0.1) is 5.56 Å². The average molecular weight is 326 g/mol. The summed E-state index contributed by atoms with van der Waals surface area (Å²) in [6.07, 6.45) is 0. The zero-order chi connectivity index (χ0) is 15.0. The quantitative estimate of drug-likeness (QED) is 0.835. The van der Waals surface area contributed by atoms with Crippen LogP contribution in [-0.4, -0.2) is 41.5 Å². The third kappa shape index (κ3) is 2.98. The minimum absolute atomic E-state index is 0. The zero-order valence-electron chi connectivity index (χ0n) is 12.1. The molecule has 1 aromatic carbocycles. The van der Waals surface area contributed by atoms with Crippen LogP contribution in [-0.2, 0) is 0 Å². The number of rotatable bonds is 1. The van der Waals surface area contributed by atoms with Crippen LogP contribution in [0.4, 0.5) is 4.39 Å². The smallest absolute Gasteiger partial charge is 0.255 e. The van der Waals surface area contributed by atoms with Gasteiger partial charge in [0.2, 0.25) is 5.56 Å². The normalized spacial score (nSPS) is 18.1. The lowest BCUT2D eigenvalue weighted by Crippen LogP contribution is -2.52. The molecule has 2 heterocycles. The Hall–Kier alpha value is -1.92. The van der Waals surface area contributed by atoms with Crippen molar-refractivity contribution in [2.75, 3.05) is 19.6 Å². The van der Waals surface area contributed by atoms with Crippen molar-refractivity contribution in [1.82, 2.24) is 15.2 Å². The van der Waals surface area contributed by atoms with Crippen molar-refractivity contribution < 1.29 is 9.18 Å². The van der Waals surface area contributed by atoms with Gasteiger partial charge in [0.1, 0.15) is 5.82 Å². The first-order chi connectivity index (χ1) is 10.1. The molecule has 1 saturated heterocycles. The van der Waals surface area contributed by atoms with Crippen molar-refractivity contribution in [3.63, 3.8) is 0 Å². The van der Waals surface area contributed by atoms with E-state index in [1.807, 2.05) is 6.92 Å². The highest BCUT2D eigenvalue weighted by Gasteiger charge is 2.25. The zero-order valence-corrected chi connectivity index (χ0v) is 12.9. The minimum atomic E-state index is -0.433. The van der Waals surface area contributed by atoms with Gasteiger partial charge in [-0.3, -0.25) is 9.59 Å². The second kappa shape index (κ2) is 6.46. The first-order valence-electron chi connectivity index (χ1n) is 6.90. The van der Waals surface area contributed by atoms with Crippen LogP contribution in [0.2, 0.25) is 0 Å². The van der Waals surface area contributed by atoms with Gasteiger partial charge in [-0.05, 0) is 25.1 Å². The monoisotopic (exact) mass is 325 g/mol. The molecule has 118 valence electrons. The fraction of sp³-hybridized carbons (Fsp3) is 0.333. The number of pyridine rings is 1. The van der Waals surface area contributed by atoms with Gasteiger partial charge >= 0.3 is 0 Å². The SMILES string of the molecule is C[C@H]1CNCCN1C(=O)c1cc(=O)[nH]c2ccc(F)cc12.Cl. The van der Waals surface area contributed by atoms with Gasteiger partial charge in [0, 0.05) is 42.6 Å². The molecule has 0 unspecified atom stereocenters. The molecule has 2 aromatic rings. The van der Waals surface area contributed by atoms with E-state index in [1.165, 1.54) is 24.3 Å². The van der Waals surface area contributed by atoms with Gasteiger partial charge in [-0.2, -0.15) is 0 Å². The van der Waals surface area contributed by atoms with Crippen molar-refractivity contribution in [3.05, 3.63) is 46.0 Å². The summed E-state index contributed by atoms with van der Waals surface area (Å²) in [5.74, 6) is -0.664. The van der Waals surface area contributed by atoms with Gasteiger partial charge in [-0.1, -0.05) is 0 Å².